The molecule has 0 aliphatic heterocycles. The number of esters is 1. The molecule has 0 amide bonds. The Labute approximate surface area is 126 Å². The van der Waals surface area contributed by atoms with Gasteiger partial charge in [0.2, 0.25) is 0 Å². The van der Waals surface area contributed by atoms with Gasteiger partial charge in [0.1, 0.15) is 5.78 Å². The fourth-order valence-electron chi connectivity index (χ4n) is 2.24. The van der Waals surface area contributed by atoms with E-state index in [1.807, 2.05) is 44.2 Å². The molecular weight excluding hydrogens is 266 g/mol. The van der Waals surface area contributed by atoms with Crippen LogP contribution < -0.4 is 5.73 Å². The molecule has 0 aliphatic rings. The number of carbonyl (C=O) groups is 2. The Morgan fingerprint density at radius 2 is 1.81 bits per heavy atom. The first kappa shape index (κ1) is 17.4. The number of nitrogens with two attached hydrogens (primary N) is 1. The van der Waals surface area contributed by atoms with Crippen molar-refractivity contribution in [2.45, 2.75) is 39.2 Å². The number of aryl methyl sites for hydroxylation is 1. The number of methoxy groups -OCH3 is 1. The largest absolute Gasteiger partial charge is 0.469 e. The second kappa shape index (κ2) is 8.57. The molecule has 0 bridgehead atoms. The zero-order valence-electron chi connectivity index (χ0n) is 13.0. The van der Waals surface area contributed by atoms with Crippen molar-refractivity contribution in [2.24, 2.45) is 17.6 Å². The summed E-state index contributed by atoms with van der Waals surface area (Å²) in [7, 11) is 1.34. The Morgan fingerprint density at radius 3 is 2.33 bits per heavy atom. The van der Waals surface area contributed by atoms with E-state index in [0.29, 0.717) is 6.42 Å². The van der Waals surface area contributed by atoms with Crippen LogP contribution in [0.2, 0.25) is 0 Å². The zero-order chi connectivity index (χ0) is 15.8. The highest BCUT2D eigenvalue weighted by atomic mass is 16.5. The maximum absolute atomic E-state index is 12.2. The van der Waals surface area contributed by atoms with Gasteiger partial charge in [0.05, 0.1) is 19.1 Å². The molecule has 0 heterocycles. The highest BCUT2D eigenvalue weighted by Gasteiger charge is 2.27. The number of carbonyl (C=O) groups excluding carboxylic acids is 2. The van der Waals surface area contributed by atoms with E-state index in [-0.39, 0.29) is 24.1 Å². The molecule has 4 heteroatoms. The third-order valence-electron chi connectivity index (χ3n) is 3.73. The molecule has 0 fully saturated rings. The quantitative estimate of drug-likeness (QED) is 0.746. The monoisotopic (exact) mass is 291 g/mol. The fraction of sp³-hybridized carbons (Fsp3) is 0.529. The molecule has 0 unspecified atom stereocenters. The number of ketones is 1. The van der Waals surface area contributed by atoms with Crippen LogP contribution in [0.15, 0.2) is 30.3 Å². The molecule has 21 heavy (non-hydrogen) atoms. The number of hydrogen-bond donors (Lipinski definition) is 1. The van der Waals surface area contributed by atoms with Crippen LogP contribution in [0, 0.1) is 11.8 Å². The van der Waals surface area contributed by atoms with E-state index in [2.05, 4.69) is 0 Å². The van der Waals surface area contributed by atoms with Crippen molar-refractivity contribution >= 4 is 11.8 Å². The third kappa shape index (κ3) is 5.68. The molecule has 116 valence electrons. The van der Waals surface area contributed by atoms with E-state index in [0.717, 1.165) is 12.0 Å². The molecule has 0 saturated carbocycles. The van der Waals surface area contributed by atoms with Crippen molar-refractivity contribution in [3.63, 3.8) is 0 Å². The summed E-state index contributed by atoms with van der Waals surface area (Å²) in [5.74, 6) is -0.767. The van der Waals surface area contributed by atoms with Gasteiger partial charge in [0, 0.05) is 6.42 Å². The molecule has 0 aliphatic carbocycles. The molecule has 1 rings (SSSR count). The van der Waals surface area contributed by atoms with Gasteiger partial charge in [-0.25, -0.2) is 0 Å². The lowest BCUT2D eigenvalue weighted by Gasteiger charge is -2.19. The van der Waals surface area contributed by atoms with Gasteiger partial charge in [-0.3, -0.25) is 9.59 Å². The van der Waals surface area contributed by atoms with Gasteiger partial charge in [0.15, 0.2) is 0 Å². The maximum atomic E-state index is 12.2. The summed E-state index contributed by atoms with van der Waals surface area (Å²) in [6.45, 7) is 3.81. The molecule has 1 aromatic carbocycles. The average molecular weight is 291 g/mol. The predicted octanol–water partition coefficient (Wildman–Crippen LogP) is 2.35. The number of hydrogen-bond acceptors (Lipinski definition) is 4. The minimum Gasteiger partial charge on any atom is -0.469 e. The summed E-state index contributed by atoms with van der Waals surface area (Å²) in [6, 6.07) is 9.39. The van der Waals surface area contributed by atoms with Gasteiger partial charge < -0.3 is 10.5 Å². The van der Waals surface area contributed by atoms with Gasteiger partial charge >= 0.3 is 5.97 Å². The number of Topliss-reactive ketones (excluding diaryl/α,β-unsaturated/α-hetero) is 1. The topological polar surface area (TPSA) is 69.4 Å². The van der Waals surface area contributed by atoms with Gasteiger partial charge in [-0.1, -0.05) is 44.2 Å². The van der Waals surface area contributed by atoms with Crippen LogP contribution in [-0.4, -0.2) is 24.9 Å². The lowest BCUT2D eigenvalue weighted by molar-refractivity contribution is -0.149. The van der Waals surface area contributed by atoms with Crippen molar-refractivity contribution in [3.05, 3.63) is 35.9 Å². The molecule has 0 radical (unpaired) electrons. The van der Waals surface area contributed by atoms with Crippen LogP contribution in [0.25, 0.3) is 0 Å². The summed E-state index contributed by atoms with van der Waals surface area (Å²) in [6.07, 6.45) is 1.51. The van der Waals surface area contributed by atoms with E-state index in [1.54, 1.807) is 0 Å². The Balaban J connectivity index is 2.51. The van der Waals surface area contributed by atoms with Gasteiger partial charge in [-0.15, -0.1) is 0 Å². The molecule has 2 N–H and O–H groups in total. The molecule has 0 saturated heterocycles. The number of benzene rings is 1. The zero-order valence-corrected chi connectivity index (χ0v) is 13.0. The Bertz CT molecular complexity index is 456. The highest BCUT2D eigenvalue weighted by Crippen LogP contribution is 2.18. The van der Waals surface area contributed by atoms with Crippen molar-refractivity contribution < 1.29 is 14.3 Å². The van der Waals surface area contributed by atoms with Crippen molar-refractivity contribution in [2.75, 3.05) is 7.11 Å². The minimum absolute atomic E-state index is 0.0581. The molecule has 1 aromatic rings. The smallest absolute Gasteiger partial charge is 0.309 e. The van der Waals surface area contributed by atoms with Gasteiger partial charge in [-0.05, 0) is 24.3 Å². The van der Waals surface area contributed by atoms with Crippen LogP contribution in [-0.2, 0) is 20.7 Å². The van der Waals surface area contributed by atoms with E-state index >= 15 is 0 Å². The second-order valence-electron chi connectivity index (χ2n) is 5.67. The molecule has 2 atom stereocenters. The van der Waals surface area contributed by atoms with E-state index in [9.17, 15) is 9.59 Å². The minimum atomic E-state index is -0.531. The highest BCUT2D eigenvalue weighted by molar-refractivity contribution is 5.88. The molecule has 0 spiro atoms. The van der Waals surface area contributed by atoms with Crippen LogP contribution in [0.4, 0.5) is 0 Å². The first-order valence-electron chi connectivity index (χ1n) is 7.35. The van der Waals surface area contributed by atoms with Crippen LogP contribution >= 0.6 is 0 Å². The predicted molar refractivity (Wildman–Crippen MR) is 82.7 cm³/mol. The number of ether oxygens (including phenoxy) is 1. The Hall–Kier alpha value is -1.68. The summed E-state index contributed by atoms with van der Waals surface area (Å²) < 4.78 is 4.75. The molecular formula is C17H25NO3. The van der Waals surface area contributed by atoms with Crippen molar-refractivity contribution in [1.29, 1.82) is 0 Å². The first-order chi connectivity index (χ1) is 9.95. The summed E-state index contributed by atoms with van der Waals surface area (Å²) in [5.41, 5.74) is 7.11. The molecule has 4 nitrogen and oxygen atoms in total. The van der Waals surface area contributed by atoms with E-state index < -0.39 is 12.0 Å². The first-order valence-corrected chi connectivity index (χ1v) is 7.35. The Kier molecular flexibility index (Phi) is 7.09. The van der Waals surface area contributed by atoms with Crippen LogP contribution in [0.1, 0.15) is 32.3 Å². The fourth-order valence-corrected chi connectivity index (χ4v) is 2.24. The maximum Gasteiger partial charge on any atom is 0.309 e. The second-order valence-corrected chi connectivity index (χ2v) is 5.67. The van der Waals surface area contributed by atoms with Crippen molar-refractivity contribution in [3.8, 4) is 0 Å². The number of rotatable bonds is 8. The van der Waals surface area contributed by atoms with E-state index in [1.165, 1.54) is 7.11 Å². The van der Waals surface area contributed by atoms with E-state index in [4.69, 9.17) is 10.5 Å². The van der Waals surface area contributed by atoms with Crippen LogP contribution in [0.5, 0.6) is 0 Å². The third-order valence-corrected chi connectivity index (χ3v) is 3.73. The SMILES string of the molecule is COC(=O)[C@H](CC(=O)[C@@H](N)CCc1ccccc1)C(C)C. The Morgan fingerprint density at radius 1 is 1.19 bits per heavy atom. The average Bonchev–Trinajstić information content (AvgIpc) is 2.49. The summed E-state index contributed by atoms with van der Waals surface area (Å²) >= 11 is 0. The summed E-state index contributed by atoms with van der Waals surface area (Å²) in [5, 5.41) is 0. The normalized spacial score (nSPS) is 13.8. The lowest BCUT2D eigenvalue weighted by atomic mass is 9.88. The van der Waals surface area contributed by atoms with Gasteiger partial charge in [-0.2, -0.15) is 0 Å². The summed E-state index contributed by atoms with van der Waals surface area (Å²) in [4.78, 5) is 23.8. The van der Waals surface area contributed by atoms with Gasteiger partial charge in [0.25, 0.3) is 0 Å². The van der Waals surface area contributed by atoms with Crippen molar-refractivity contribution in [1.82, 2.24) is 0 Å². The lowest BCUT2D eigenvalue weighted by Crippen LogP contribution is -2.35. The molecule has 0 aromatic heterocycles. The van der Waals surface area contributed by atoms with Crippen LogP contribution in [0.3, 0.4) is 0 Å². The standard InChI is InChI=1S/C17H25NO3/c1-12(2)14(17(20)21-3)11-16(19)15(18)10-9-13-7-5-4-6-8-13/h4-8,12,14-15H,9-11,18H2,1-3H3/t14-,15+/m1/s1.